The van der Waals surface area contributed by atoms with Gasteiger partial charge in [-0.2, -0.15) is 0 Å². The minimum Gasteiger partial charge on any atom is -0.330 e. The average molecular weight is 348 g/mol. The molecule has 0 aliphatic heterocycles. The van der Waals surface area contributed by atoms with Crippen LogP contribution < -0.4 is 11.1 Å². The van der Waals surface area contributed by atoms with Crippen molar-refractivity contribution in [3.05, 3.63) is 70.8 Å². The summed E-state index contributed by atoms with van der Waals surface area (Å²) < 4.78 is 24.4. The van der Waals surface area contributed by atoms with E-state index >= 15 is 0 Å². The lowest BCUT2D eigenvalue weighted by molar-refractivity contribution is 0.401. The molecule has 0 unspecified atom stereocenters. The Bertz CT molecular complexity index is 604. The Morgan fingerprint density at radius 3 is 2.20 bits per heavy atom. The molecule has 0 saturated heterocycles. The van der Waals surface area contributed by atoms with E-state index in [0.717, 1.165) is 32.0 Å². The molecule has 0 fully saturated rings. The second-order valence-electron chi connectivity index (χ2n) is 6.69. The third-order valence-corrected chi connectivity index (χ3v) is 4.01. The molecule has 25 heavy (non-hydrogen) atoms. The monoisotopic (exact) mass is 348 g/mol. The molecular weight excluding hydrogens is 318 g/mol. The molecule has 3 N–H and O–H groups in total. The highest BCUT2D eigenvalue weighted by Crippen LogP contribution is 2.21. The fourth-order valence-corrected chi connectivity index (χ4v) is 2.48. The molecule has 2 aromatic carbocycles. The zero-order valence-corrected chi connectivity index (χ0v) is 15.7. The van der Waals surface area contributed by atoms with Crippen molar-refractivity contribution in [3.63, 3.8) is 0 Å². The topological polar surface area (TPSA) is 38.0 Å². The maximum Gasteiger partial charge on any atom is 0.126 e. The lowest BCUT2D eigenvalue weighted by Crippen LogP contribution is -2.37. The Hall–Kier alpha value is -1.78. The highest BCUT2D eigenvalue weighted by Gasteiger charge is 2.19. The van der Waals surface area contributed by atoms with E-state index in [9.17, 15) is 8.78 Å². The van der Waals surface area contributed by atoms with Gasteiger partial charge in [-0.05, 0) is 75.5 Å². The predicted octanol–water partition coefficient (Wildman–Crippen LogP) is 4.70. The van der Waals surface area contributed by atoms with Crippen LogP contribution in [0.4, 0.5) is 8.78 Å². The molecule has 0 saturated carbocycles. The van der Waals surface area contributed by atoms with Crippen molar-refractivity contribution in [1.29, 1.82) is 0 Å². The molecule has 0 bridgehead atoms. The second kappa shape index (κ2) is 10.3. The molecule has 0 aromatic heterocycles. The second-order valence-corrected chi connectivity index (χ2v) is 6.69. The van der Waals surface area contributed by atoms with Crippen LogP contribution in [0.5, 0.6) is 0 Å². The van der Waals surface area contributed by atoms with Crippen LogP contribution in [0, 0.1) is 18.6 Å². The first kappa shape index (κ1) is 21.3. The lowest BCUT2D eigenvalue weighted by Gasteiger charge is -2.27. The maximum atomic E-state index is 12.2. The van der Waals surface area contributed by atoms with Crippen LogP contribution in [0.1, 0.15) is 43.9 Å². The SMILES string of the molecule is CCc1cccc(C(C)(C)NCCCN)c1.Cc1cc(F)cc(F)c1. The van der Waals surface area contributed by atoms with E-state index in [2.05, 4.69) is 50.4 Å². The molecular formula is C21H30F2N2. The lowest BCUT2D eigenvalue weighted by atomic mass is 9.92. The first-order valence-electron chi connectivity index (χ1n) is 8.75. The van der Waals surface area contributed by atoms with E-state index < -0.39 is 11.6 Å². The number of nitrogens with one attached hydrogen (secondary N) is 1. The minimum atomic E-state index is -0.521. The smallest absolute Gasteiger partial charge is 0.126 e. The first-order chi connectivity index (χ1) is 11.8. The third kappa shape index (κ3) is 7.76. The van der Waals surface area contributed by atoms with Crippen molar-refractivity contribution in [1.82, 2.24) is 5.32 Å². The quantitative estimate of drug-likeness (QED) is 0.743. The van der Waals surface area contributed by atoms with Gasteiger partial charge < -0.3 is 11.1 Å². The standard InChI is InChI=1S/C14H24N2.C7H6F2/c1-4-12-7-5-8-13(11-12)14(2,3)16-10-6-9-15;1-5-2-6(8)4-7(9)3-5/h5,7-8,11,16H,4,6,9-10,15H2,1-3H3;2-4H,1H3. The van der Waals surface area contributed by atoms with E-state index in [1.165, 1.54) is 23.3 Å². The van der Waals surface area contributed by atoms with Crippen molar-refractivity contribution in [2.75, 3.05) is 13.1 Å². The molecule has 0 amide bonds. The predicted molar refractivity (Wildman–Crippen MR) is 102 cm³/mol. The normalized spacial score (nSPS) is 11.0. The van der Waals surface area contributed by atoms with Gasteiger partial charge in [-0.1, -0.05) is 31.2 Å². The molecule has 2 aromatic rings. The Morgan fingerprint density at radius 2 is 1.68 bits per heavy atom. The van der Waals surface area contributed by atoms with Gasteiger partial charge in [-0.25, -0.2) is 8.78 Å². The first-order valence-corrected chi connectivity index (χ1v) is 8.75. The highest BCUT2D eigenvalue weighted by molar-refractivity contribution is 5.28. The number of hydrogen-bond acceptors (Lipinski definition) is 2. The molecule has 0 aliphatic carbocycles. The Balaban J connectivity index is 0.000000293. The van der Waals surface area contributed by atoms with Crippen molar-refractivity contribution in [3.8, 4) is 0 Å². The van der Waals surface area contributed by atoms with E-state index in [1.807, 2.05) is 0 Å². The highest BCUT2D eigenvalue weighted by atomic mass is 19.1. The summed E-state index contributed by atoms with van der Waals surface area (Å²) in [5.41, 5.74) is 8.88. The number of halogens is 2. The fraction of sp³-hybridized carbons (Fsp3) is 0.429. The average Bonchev–Trinajstić information content (AvgIpc) is 2.54. The number of benzene rings is 2. The zero-order valence-electron chi connectivity index (χ0n) is 15.7. The van der Waals surface area contributed by atoms with Gasteiger partial charge in [0.25, 0.3) is 0 Å². The van der Waals surface area contributed by atoms with Gasteiger partial charge in [0.2, 0.25) is 0 Å². The van der Waals surface area contributed by atoms with Crippen molar-refractivity contribution < 1.29 is 8.78 Å². The van der Waals surface area contributed by atoms with Crippen LogP contribution in [-0.2, 0) is 12.0 Å². The van der Waals surface area contributed by atoms with Crippen LogP contribution in [-0.4, -0.2) is 13.1 Å². The molecule has 0 heterocycles. The molecule has 4 heteroatoms. The van der Waals surface area contributed by atoms with Crippen LogP contribution >= 0.6 is 0 Å². The third-order valence-electron chi connectivity index (χ3n) is 4.01. The maximum absolute atomic E-state index is 12.2. The number of hydrogen-bond donors (Lipinski definition) is 2. The minimum absolute atomic E-state index is 0.0281. The number of aryl methyl sites for hydroxylation is 2. The fourth-order valence-electron chi connectivity index (χ4n) is 2.48. The molecule has 0 radical (unpaired) electrons. The molecule has 0 spiro atoms. The number of nitrogens with two attached hydrogens (primary N) is 1. The molecule has 2 rings (SSSR count). The molecule has 0 atom stereocenters. The van der Waals surface area contributed by atoms with Gasteiger partial charge in [-0.15, -0.1) is 0 Å². The van der Waals surface area contributed by atoms with Crippen LogP contribution in [0.25, 0.3) is 0 Å². The summed E-state index contributed by atoms with van der Waals surface area (Å²) in [4.78, 5) is 0. The summed E-state index contributed by atoms with van der Waals surface area (Å²) in [5, 5.41) is 3.55. The van der Waals surface area contributed by atoms with Crippen molar-refractivity contribution in [2.45, 2.75) is 46.1 Å². The summed E-state index contributed by atoms with van der Waals surface area (Å²) in [7, 11) is 0. The summed E-state index contributed by atoms with van der Waals surface area (Å²) in [6, 6.07) is 12.2. The summed E-state index contributed by atoms with van der Waals surface area (Å²) >= 11 is 0. The van der Waals surface area contributed by atoms with Crippen LogP contribution in [0.2, 0.25) is 0 Å². The summed E-state index contributed by atoms with van der Waals surface area (Å²) in [6.45, 7) is 9.99. The van der Waals surface area contributed by atoms with Gasteiger partial charge in [0.1, 0.15) is 11.6 Å². The molecule has 138 valence electrons. The van der Waals surface area contributed by atoms with E-state index in [0.29, 0.717) is 5.56 Å². The zero-order chi connectivity index (χ0) is 18.9. The Kier molecular flexibility index (Phi) is 8.73. The van der Waals surface area contributed by atoms with Crippen LogP contribution in [0.3, 0.4) is 0 Å². The summed E-state index contributed by atoms with van der Waals surface area (Å²) in [5.74, 6) is -1.04. The number of rotatable bonds is 6. The largest absolute Gasteiger partial charge is 0.330 e. The van der Waals surface area contributed by atoms with Crippen molar-refractivity contribution >= 4 is 0 Å². The Morgan fingerprint density at radius 1 is 1.04 bits per heavy atom. The van der Waals surface area contributed by atoms with Gasteiger partial charge in [0.05, 0.1) is 0 Å². The molecule has 0 aliphatic rings. The van der Waals surface area contributed by atoms with Gasteiger partial charge >= 0.3 is 0 Å². The Labute approximate surface area is 150 Å². The van der Waals surface area contributed by atoms with Gasteiger partial charge in [-0.3, -0.25) is 0 Å². The summed E-state index contributed by atoms with van der Waals surface area (Å²) in [6.07, 6.45) is 2.11. The van der Waals surface area contributed by atoms with Crippen molar-refractivity contribution in [2.24, 2.45) is 5.73 Å². The molecule has 2 nitrogen and oxygen atoms in total. The van der Waals surface area contributed by atoms with E-state index in [-0.39, 0.29) is 5.54 Å². The van der Waals surface area contributed by atoms with Gasteiger partial charge in [0, 0.05) is 11.6 Å². The van der Waals surface area contributed by atoms with Crippen LogP contribution in [0.15, 0.2) is 42.5 Å². The van der Waals surface area contributed by atoms with Gasteiger partial charge in [0.15, 0.2) is 0 Å². The van der Waals surface area contributed by atoms with E-state index in [4.69, 9.17) is 5.73 Å². The van der Waals surface area contributed by atoms with E-state index in [1.54, 1.807) is 6.92 Å².